The van der Waals surface area contributed by atoms with E-state index in [4.69, 9.17) is 15.0 Å². The van der Waals surface area contributed by atoms with Crippen LogP contribution in [0.3, 0.4) is 0 Å². The minimum Gasteiger partial charge on any atom is -0.388 e. The highest BCUT2D eigenvalue weighted by atomic mass is 16.3. The van der Waals surface area contributed by atoms with Crippen molar-refractivity contribution in [1.29, 1.82) is 0 Å². The number of amides is 1. The van der Waals surface area contributed by atoms with E-state index in [-0.39, 0.29) is 5.91 Å². The molecule has 4 atom stereocenters. The molecule has 0 aromatic carbocycles. The predicted octanol–water partition coefficient (Wildman–Crippen LogP) is 1.85. The summed E-state index contributed by atoms with van der Waals surface area (Å²) in [5, 5.41) is 29.0. The zero-order valence-electron chi connectivity index (χ0n) is 22.1. The maximum Gasteiger partial charge on any atom is 0.244 e. The Kier molecular flexibility index (Phi) is 8.63. The van der Waals surface area contributed by atoms with Crippen LogP contribution in [0.25, 0.3) is 11.2 Å². The Balaban J connectivity index is 1.78. The number of carbonyl (C=O) groups excluding carboxylic acids is 1. The molecule has 1 amide bonds. The van der Waals surface area contributed by atoms with Gasteiger partial charge >= 0.3 is 0 Å². The van der Waals surface area contributed by atoms with Crippen LogP contribution in [0.15, 0.2) is 6.33 Å². The number of imidazole rings is 1. The SMILES string of the molecule is CCCN(CC)c1nc(N(CC)N2CCCCC2)nc2c1ncn2C1CC(NC(=O)CC)C(O)C1O. The first-order valence-electron chi connectivity index (χ1n) is 13.6. The van der Waals surface area contributed by atoms with Gasteiger partial charge in [0.05, 0.1) is 18.4 Å². The molecule has 200 valence electrons. The van der Waals surface area contributed by atoms with Crippen molar-refractivity contribution in [3.63, 3.8) is 0 Å². The van der Waals surface area contributed by atoms with Gasteiger partial charge in [0.25, 0.3) is 0 Å². The molecule has 0 spiro atoms. The summed E-state index contributed by atoms with van der Waals surface area (Å²) in [6.45, 7) is 12.5. The number of hydrazine groups is 1. The lowest BCUT2D eigenvalue weighted by molar-refractivity contribution is -0.122. The smallest absolute Gasteiger partial charge is 0.244 e. The molecular weight excluding hydrogens is 460 g/mol. The summed E-state index contributed by atoms with van der Waals surface area (Å²) in [4.78, 5) is 28.9. The Morgan fingerprint density at radius 1 is 1.08 bits per heavy atom. The summed E-state index contributed by atoms with van der Waals surface area (Å²) in [5.41, 5.74) is 1.32. The van der Waals surface area contributed by atoms with Crippen LogP contribution in [-0.2, 0) is 4.79 Å². The van der Waals surface area contributed by atoms with Crippen molar-refractivity contribution in [2.45, 2.75) is 90.5 Å². The molecule has 2 aliphatic rings. The highest BCUT2D eigenvalue weighted by Crippen LogP contribution is 2.35. The number of anilines is 2. The van der Waals surface area contributed by atoms with E-state index in [9.17, 15) is 15.0 Å². The molecule has 3 heterocycles. The fraction of sp³-hybridized carbons (Fsp3) is 0.760. The highest BCUT2D eigenvalue weighted by Gasteiger charge is 2.44. The van der Waals surface area contributed by atoms with Crippen molar-refractivity contribution in [3.05, 3.63) is 6.33 Å². The standard InChI is InChI=1S/C25H42N8O3/c1-5-12-30(7-3)23-20-24(29-25(28-23)33(8-4)31-13-10-9-11-14-31)32(16-26-20)18-15-17(21(35)22(18)36)27-19(34)6-2/h16-18,21-22,35-36H,5-15H2,1-4H3,(H,27,34). The molecule has 2 fully saturated rings. The van der Waals surface area contributed by atoms with E-state index in [1.165, 1.54) is 6.42 Å². The summed E-state index contributed by atoms with van der Waals surface area (Å²) < 4.78 is 1.86. The van der Waals surface area contributed by atoms with Crippen molar-refractivity contribution in [2.24, 2.45) is 0 Å². The molecule has 36 heavy (non-hydrogen) atoms. The second-order valence-electron chi connectivity index (χ2n) is 9.79. The maximum atomic E-state index is 12.0. The van der Waals surface area contributed by atoms with Gasteiger partial charge in [-0.3, -0.25) is 9.80 Å². The predicted molar refractivity (Wildman–Crippen MR) is 140 cm³/mol. The number of aliphatic hydroxyl groups is 2. The second-order valence-corrected chi connectivity index (χ2v) is 9.79. The van der Waals surface area contributed by atoms with Gasteiger partial charge in [-0.1, -0.05) is 20.3 Å². The number of nitrogens with zero attached hydrogens (tertiary/aromatic N) is 7. The minimum absolute atomic E-state index is 0.146. The Hall–Kier alpha value is -2.50. The molecule has 1 saturated carbocycles. The van der Waals surface area contributed by atoms with Crippen molar-refractivity contribution in [1.82, 2.24) is 29.8 Å². The zero-order valence-corrected chi connectivity index (χ0v) is 22.1. The first-order chi connectivity index (χ1) is 17.4. The van der Waals surface area contributed by atoms with Gasteiger partial charge in [0.2, 0.25) is 11.9 Å². The fourth-order valence-corrected chi connectivity index (χ4v) is 5.48. The van der Waals surface area contributed by atoms with Crippen molar-refractivity contribution >= 4 is 28.8 Å². The third-order valence-electron chi connectivity index (χ3n) is 7.45. The molecule has 0 radical (unpaired) electrons. The Morgan fingerprint density at radius 2 is 1.83 bits per heavy atom. The molecule has 11 nitrogen and oxygen atoms in total. The molecule has 2 aromatic rings. The monoisotopic (exact) mass is 502 g/mol. The van der Waals surface area contributed by atoms with Gasteiger partial charge < -0.3 is 25.0 Å². The average Bonchev–Trinajstić information content (AvgIpc) is 3.44. The van der Waals surface area contributed by atoms with Crippen LogP contribution in [0.1, 0.15) is 72.3 Å². The second kappa shape index (κ2) is 11.7. The highest BCUT2D eigenvalue weighted by molar-refractivity contribution is 5.85. The molecule has 0 bridgehead atoms. The van der Waals surface area contributed by atoms with Gasteiger partial charge in [0.15, 0.2) is 17.0 Å². The minimum atomic E-state index is -1.06. The van der Waals surface area contributed by atoms with Crippen LogP contribution in [0, 0.1) is 0 Å². The van der Waals surface area contributed by atoms with Crippen LogP contribution in [0.4, 0.5) is 11.8 Å². The van der Waals surface area contributed by atoms with Gasteiger partial charge in [-0.05, 0) is 39.5 Å². The Bertz CT molecular complexity index is 1020. The number of rotatable bonds is 10. The van der Waals surface area contributed by atoms with Crippen molar-refractivity contribution < 1.29 is 15.0 Å². The van der Waals surface area contributed by atoms with Gasteiger partial charge in [-0.25, -0.2) is 9.99 Å². The van der Waals surface area contributed by atoms with Crippen molar-refractivity contribution in [2.75, 3.05) is 42.6 Å². The first-order valence-corrected chi connectivity index (χ1v) is 13.6. The van der Waals surface area contributed by atoms with E-state index in [0.717, 1.165) is 57.8 Å². The average molecular weight is 503 g/mol. The lowest BCUT2D eigenvalue weighted by Crippen LogP contribution is -2.46. The Morgan fingerprint density at radius 3 is 2.47 bits per heavy atom. The molecule has 11 heteroatoms. The fourth-order valence-electron chi connectivity index (χ4n) is 5.48. The number of aliphatic hydroxyl groups excluding tert-OH is 2. The summed E-state index contributed by atoms with van der Waals surface area (Å²) in [7, 11) is 0. The molecule has 3 N–H and O–H groups in total. The van der Waals surface area contributed by atoms with Gasteiger partial charge in [-0.15, -0.1) is 0 Å². The van der Waals surface area contributed by atoms with E-state index >= 15 is 0 Å². The summed E-state index contributed by atoms with van der Waals surface area (Å²) >= 11 is 0. The maximum absolute atomic E-state index is 12.0. The number of nitrogens with one attached hydrogen (secondary N) is 1. The molecular formula is C25H42N8O3. The molecule has 2 aromatic heterocycles. The first kappa shape index (κ1) is 26.6. The third-order valence-corrected chi connectivity index (χ3v) is 7.45. The van der Waals surface area contributed by atoms with E-state index in [0.29, 0.717) is 30.0 Å². The van der Waals surface area contributed by atoms with E-state index in [1.54, 1.807) is 13.3 Å². The topological polar surface area (TPSA) is 123 Å². The molecule has 4 rings (SSSR count). The largest absolute Gasteiger partial charge is 0.388 e. The normalized spacial score (nSPS) is 24.8. The number of fused-ring (bicyclic) bond motifs is 1. The van der Waals surface area contributed by atoms with E-state index < -0.39 is 24.3 Å². The van der Waals surface area contributed by atoms with Crippen LogP contribution in [-0.4, -0.2) is 91.6 Å². The van der Waals surface area contributed by atoms with Crippen LogP contribution in [0.2, 0.25) is 0 Å². The lowest BCUT2D eigenvalue weighted by atomic mass is 10.2. The number of piperidine rings is 1. The number of aromatic nitrogens is 4. The summed E-state index contributed by atoms with van der Waals surface area (Å²) in [6.07, 6.45) is 4.82. The van der Waals surface area contributed by atoms with Crippen LogP contribution in [0.5, 0.6) is 0 Å². The molecule has 1 saturated heterocycles. The Labute approximate surface area is 213 Å². The summed E-state index contributed by atoms with van der Waals surface area (Å²) in [6, 6.07) is -0.988. The molecule has 4 unspecified atom stereocenters. The van der Waals surface area contributed by atoms with Gasteiger partial charge in [-0.2, -0.15) is 9.97 Å². The quantitative estimate of drug-likeness (QED) is 0.447. The zero-order chi connectivity index (χ0) is 25.8. The van der Waals surface area contributed by atoms with Crippen LogP contribution < -0.4 is 15.2 Å². The molecule has 1 aliphatic heterocycles. The lowest BCUT2D eigenvalue weighted by Gasteiger charge is -2.37. The number of hydrogen-bond acceptors (Lipinski definition) is 9. The number of carbonyl (C=O) groups is 1. The third kappa shape index (κ3) is 5.14. The summed E-state index contributed by atoms with van der Waals surface area (Å²) in [5.74, 6) is 1.27. The molecule has 1 aliphatic carbocycles. The van der Waals surface area contributed by atoms with E-state index in [2.05, 4.69) is 41.0 Å². The van der Waals surface area contributed by atoms with Crippen LogP contribution >= 0.6 is 0 Å². The van der Waals surface area contributed by atoms with E-state index in [1.807, 2.05) is 4.57 Å². The van der Waals surface area contributed by atoms with Crippen molar-refractivity contribution in [3.8, 4) is 0 Å². The number of hydrogen-bond donors (Lipinski definition) is 3. The van der Waals surface area contributed by atoms with Gasteiger partial charge in [0, 0.05) is 39.1 Å². The van der Waals surface area contributed by atoms with Gasteiger partial charge in [0.1, 0.15) is 12.2 Å².